The molecule has 0 fully saturated rings. The van der Waals surface area contributed by atoms with Crippen molar-refractivity contribution < 1.29 is 28.6 Å². The lowest BCUT2D eigenvalue weighted by Gasteiger charge is -2.18. The highest BCUT2D eigenvalue weighted by molar-refractivity contribution is 5.71. The maximum atomic E-state index is 12.9. The number of hydrogen-bond donors (Lipinski definition) is 0. The molecule has 1 atom stereocenters. The molecule has 0 aliphatic heterocycles. The summed E-state index contributed by atoms with van der Waals surface area (Å²) in [6.45, 7) is 6.40. The van der Waals surface area contributed by atoms with Crippen LogP contribution >= 0.6 is 0 Å². The normalized spacial score (nSPS) is 12.8. The minimum absolute atomic E-state index is 0.0803. The Labute approximate surface area is 463 Å². The number of esters is 3. The molecule has 0 aliphatic carbocycles. The number of hydrogen-bond acceptors (Lipinski definition) is 6. The number of rotatable bonds is 56. The third kappa shape index (κ3) is 60.8. The lowest BCUT2D eigenvalue weighted by atomic mass is 10.0. The Hall–Kier alpha value is -3.93. The molecule has 0 aliphatic rings. The van der Waals surface area contributed by atoms with E-state index in [0.29, 0.717) is 19.3 Å². The maximum absolute atomic E-state index is 12.9. The van der Waals surface area contributed by atoms with Gasteiger partial charge in [0.1, 0.15) is 13.2 Å². The fourth-order valence-electron chi connectivity index (χ4n) is 8.64. The highest BCUT2D eigenvalue weighted by atomic mass is 16.6. The van der Waals surface area contributed by atoms with Crippen LogP contribution in [0.5, 0.6) is 0 Å². The Kier molecular flexibility index (Phi) is 59.3. The van der Waals surface area contributed by atoms with Gasteiger partial charge < -0.3 is 14.2 Å². The summed E-state index contributed by atoms with van der Waals surface area (Å²) in [6, 6.07) is 0. The van der Waals surface area contributed by atoms with Crippen molar-refractivity contribution >= 4 is 17.9 Å². The van der Waals surface area contributed by atoms with Crippen LogP contribution < -0.4 is 0 Å². The Morgan fingerprint density at radius 3 is 0.813 bits per heavy atom. The van der Waals surface area contributed by atoms with Gasteiger partial charge in [0.15, 0.2) is 6.10 Å². The molecule has 428 valence electrons. The van der Waals surface area contributed by atoms with Crippen molar-refractivity contribution in [1.82, 2.24) is 0 Å². The topological polar surface area (TPSA) is 78.9 Å². The third-order valence-electron chi connectivity index (χ3n) is 13.3. The quantitative estimate of drug-likeness (QED) is 0.0261. The summed E-state index contributed by atoms with van der Waals surface area (Å²) in [5.41, 5.74) is 0. The first-order valence-electron chi connectivity index (χ1n) is 31.4. The molecule has 6 heteroatoms. The number of carbonyl (C=O) groups is 3. The summed E-state index contributed by atoms with van der Waals surface area (Å²) in [5, 5.41) is 0. The first-order chi connectivity index (χ1) is 37.0. The van der Waals surface area contributed by atoms with Crippen LogP contribution in [0.2, 0.25) is 0 Å². The average Bonchev–Trinajstić information content (AvgIpc) is 3.41. The zero-order valence-electron chi connectivity index (χ0n) is 49.0. The second-order valence-corrected chi connectivity index (χ2v) is 20.6. The number of carbonyl (C=O) groups excluding carboxylic acids is 3. The van der Waals surface area contributed by atoms with Gasteiger partial charge in [-0.05, 0) is 103 Å². The summed E-state index contributed by atoms with van der Waals surface area (Å²) >= 11 is 0. The average molecular weight is 1040 g/mol. The van der Waals surface area contributed by atoms with Gasteiger partial charge in [0.25, 0.3) is 0 Å². The van der Waals surface area contributed by atoms with Crippen LogP contribution in [-0.2, 0) is 28.6 Å². The van der Waals surface area contributed by atoms with Crippen LogP contribution in [0.25, 0.3) is 0 Å². The molecule has 0 heterocycles. The van der Waals surface area contributed by atoms with Crippen LogP contribution in [0.1, 0.15) is 290 Å². The largest absolute Gasteiger partial charge is 0.462 e. The molecule has 0 rings (SSSR count). The van der Waals surface area contributed by atoms with E-state index in [-0.39, 0.29) is 31.1 Å². The Bertz CT molecular complexity index is 1520. The fraction of sp³-hybridized carbons (Fsp3) is 0.696. The van der Waals surface area contributed by atoms with E-state index in [1.807, 2.05) is 0 Å². The minimum Gasteiger partial charge on any atom is -0.462 e. The molecule has 0 spiro atoms. The number of ether oxygens (including phenoxy) is 3. The van der Waals surface area contributed by atoms with Gasteiger partial charge in [-0.1, -0.05) is 278 Å². The van der Waals surface area contributed by atoms with E-state index in [1.165, 1.54) is 128 Å². The molecule has 6 nitrogen and oxygen atoms in total. The van der Waals surface area contributed by atoms with Crippen LogP contribution in [-0.4, -0.2) is 37.2 Å². The van der Waals surface area contributed by atoms with Crippen molar-refractivity contribution in [3.8, 4) is 0 Å². The predicted octanol–water partition coefficient (Wildman–Crippen LogP) is 21.4. The molecule has 0 aromatic carbocycles. The summed E-state index contributed by atoms with van der Waals surface area (Å²) in [7, 11) is 0. The second-order valence-electron chi connectivity index (χ2n) is 20.6. The van der Waals surface area contributed by atoms with Crippen LogP contribution in [0.15, 0.2) is 109 Å². The second kappa shape index (κ2) is 62.6. The van der Waals surface area contributed by atoms with E-state index in [2.05, 4.69) is 130 Å². The van der Waals surface area contributed by atoms with Gasteiger partial charge >= 0.3 is 17.9 Å². The van der Waals surface area contributed by atoms with E-state index >= 15 is 0 Å². The molecule has 0 amide bonds. The standard InChI is InChI=1S/C69H116O6/c1-4-7-10-13-16-19-21-23-25-27-29-31-33-34-36-37-39-41-43-45-47-50-53-56-59-62-68(71)74-65-66(64-73-67(70)61-58-55-52-49-18-15-12-9-6-3)75-69(72)63-60-57-54-51-48-46-44-42-40-38-35-32-30-28-26-24-22-20-17-14-11-8-5-2/h7-8,10-11,16-17,19-20,23-26,29-32,34,36,66H,4-6,9,12-15,18,21-22,27-28,33,35,37-65H2,1-3H3/b10-7-,11-8-,19-16-,20-17-,25-23-,26-24-,31-29-,32-30-,36-34-. The maximum Gasteiger partial charge on any atom is 0.306 e. The minimum atomic E-state index is -0.783. The van der Waals surface area contributed by atoms with Crippen molar-refractivity contribution in [2.75, 3.05) is 13.2 Å². The Morgan fingerprint density at radius 1 is 0.280 bits per heavy atom. The zero-order chi connectivity index (χ0) is 54.3. The van der Waals surface area contributed by atoms with Gasteiger partial charge in [-0.15, -0.1) is 0 Å². The zero-order valence-corrected chi connectivity index (χ0v) is 49.0. The highest BCUT2D eigenvalue weighted by Crippen LogP contribution is 2.16. The van der Waals surface area contributed by atoms with Crippen molar-refractivity contribution in [2.45, 2.75) is 297 Å². The van der Waals surface area contributed by atoms with E-state index < -0.39 is 6.10 Å². The SMILES string of the molecule is CC/C=C\C/C=C\C/C=C\C/C=C\C/C=C\CCCCCCCCCCCC(=O)OCC(COC(=O)CCCCCCCCCCC)OC(=O)CCCCCCCCCCCC/C=C\C/C=C\C/C=C\C/C=C\CC. The predicted molar refractivity (Wildman–Crippen MR) is 325 cm³/mol. The van der Waals surface area contributed by atoms with Crippen molar-refractivity contribution in [2.24, 2.45) is 0 Å². The van der Waals surface area contributed by atoms with E-state index in [1.54, 1.807) is 0 Å². The molecule has 75 heavy (non-hydrogen) atoms. The van der Waals surface area contributed by atoms with Gasteiger partial charge in [0.05, 0.1) is 0 Å². The number of unbranched alkanes of at least 4 members (excludes halogenated alkanes) is 27. The fourth-order valence-corrected chi connectivity index (χ4v) is 8.64. The number of allylic oxidation sites excluding steroid dienone is 18. The molecule has 0 saturated carbocycles. The summed E-state index contributed by atoms with van der Waals surface area (Å²) in [6.07, 6.45) is 85.3. The first-order valence-corrected chi connectivity index (χ1v) is 31.4. The lowest BCUT2D eigenvalue weighted by Crippen LogP contribution is -2.30. The van der Waals surface area contributed by atoms with Gasteiger partial charge in [-0.2, -0.15) is 0 Å². The van der Waals surface area contributed by atoms with Gasteiger partial charge in [0, 0.05) is 19.3 Å². The van der Waals surface area contributed by atoms with Crippen molar-refractivity contribution in [3.05, 3.63) is 109 Å². The smallest absolute Gasteiger partial charge is 0.306 e. The summed E-state index contributed by atoms with van der Waals surface area (Å²) < 4.78 is 16.9. The van der Waals surface area contributed by atoms with E-state index in [9.17, 15) is 14.4 Å². The van der Waals surface area contributed by atoms with E-state index in [4.69, 9.17) is 14.2 Å². The third-order valence-corrected chi connectivity index (χ3v) is 13.3. The Balaban J connectivity index is 4.25. The van der Waals surface area contributed by atoms with Crippen molar-refractivity contribution in [3.63, 3.8) is 0 Å². The molecule has 0 bridgehead atoms. The lowest BCUT2D eigenvalue weighted by molar-refractivity contribution is -0.167. The van der Waals surface area contributed by atoms with E-state index in [0.717, 1.165) is 122 Å². The van der Waals surface area contributed by atoms with Crippen LogP contribution in [0, 0.1) is 0 Å². The molecule has 0 N–H and O–H groups in total. The monoisotopic (exact) mass is 1040 g/mol. The molecular formula is C69H116O6. The molecule has 0 aromatic heterocycles. The Morgan fingerprint density at radius 2 is 0.520 bits per heavy atom. The van der Waals surface area contributed by atoms with Gasteiger partial charge in [-0.25, -0.2) is 0 Å². The van der Waals surface area contributed by atoms with Crippen LogP contribution in [0.4, 0.5) is 0 Å². The summed E-state index contributed by atoms with van der Waals surface area (Å²) in [5.74, 6) is -0.887. The molecule has 0 saturated heterocycles. The van der Waals surface area contributed by atoms with Gasteiger partial charge in [0.2, 0.25) is 0 Å². The van der Waals surface area contributed by atoms with Crippen LogP contribution in [0.3, 0.4) is 0 Å². The summed E-state index contributed by atoms with van der Waals surface area (Å²) in [4.78, 5) is 38.2. The molecule has 1 unspecified atom stereocenters. The molecular weight excluding hydrogens is 925 g/mol. The first kappa shape index (κ1) is 71.1. The van der Waals surface area contributed by atoms with Gasteiger partial charge in [-0.3, -0.25) is 14.4 Å². The molecule has 0 radical (unpaired) electrons. The molecule has 0 aromatic rings. The highest BCUT2D eigenvalue weighted by Gasteiger charge is 2.19. The van der Waals surface area contributed by atoms with Crippen molar-refractivity contribution in [1.29, 1.82) is 0 Å².